The highest BCUT2D eigenvalue weighted by molar-refractivity contribution is 5.79. The molecule has 2 N–H and O–H groups in total. The molecule has 0 atom stereocenters. The average molecular weight is 276 g/mol. The lowest BCUT2D eigenvalue weighted by molar-refractivity contribution is -0.131. The average Bonchev–Trinajstić information content (AvgIpc) is 2.48. The molecule has 0 saturated carbocycles. The number of hydrogen-bond acceptors (Lipinski definition) is 3. The fraction of sp³-hybridized carbons (Fsp3) is 0.562. The lowest BCUT2D eigenvalue weighted by atomic mass is 9.96. The molecule has 0 bridgehead atoms. The van der Waals surface area contributed by atoms with E-state index in [1.54, 1.807) is 12.1 Å². The highest BCUT2D eigenvalue weighted by Crippen LogP contribution is 2.20. The molecule has 1 amide bonds. The molecule has 20 heavy (non-hydrogen) atoms. The molecular weight excluding hydrogens is 252 g/mol. The highest BCUT2D eigenvalue weighted by atomic mass is 16.3. The molecule has 1 aliphatic rings. The molecule has 4 heteroatoms. The first-order valence-corrected chi connectivity index (χ1v) is 7.46. The number of piperidine rings is 1. The van der Waals surface area contributed by atoms with Gasteiger partial charge in [-0.3, -0.25) is 4.79 Å². The van der Waals surface area contributed by atoms with Crippen molar-refractivity contribution in [3.05, 3.63) is 29.8 Å². The maximum absolute atomic E-state index is 12.2. The molecule has 1 fully saturated rings. The second-order valence-electron chi connectivity index (χ2n) is 5.44. The molecule has 1 aromatic rings. The lowest BCUT2D eigenvalue weighted by Gasteiger charge is -2.32. The van der Waals surface area contributed by atoms with Crippen molar-refractivity contribution in [1.82, 2.24) is 10.2 Å². The highest BCUT2D eigenvalue weighted by Gasteiger charge is 2.22. The summed E-state index contributed by atoms with van der Waals surface area (Å²) in [5, 5.41) is 13.1. The SMILES string of the molecule is CCNCC1CCN(C(=O)Cc2ccccc2O)CC1. The fourth-order valence-electron chi connectivity index (χ4n) is 2.67. The minimum atomic E-state index is 0.119. The van der Waals surface area contributed by atoms with Crippen molar-refractivity contribution in [3.8, 4) is 5.75 Å². The fourth-order valence-corrected chi connectivity index (χ4v) is 2.67. The lowest BCUT2D eigenvalue weighted by Crippen LogP contribution is -2.41. The number of aromatic hydroxyl groups is 1. The topological polar surface area (TPSA) is 52.6 Å². The van der Waals surface area contributed by atoms with Crippen LogP contribution in [0.5, 0.6) is 5.75 Å². The standard InChI is InChI=1S/C16H24N2O2/c1-2-17-12-13-7-9-18(10-8-13)16(20)11-14-5-3-4-6-15(14)19/h3-6,13,17,19H,2,7-12H2,1H3. The summed E-state index contributed by atoms with van der Waals surface area (Å²) in [6, 6.07) is 7.07. The van der Waals surface area contributed by atoms with Gasteiger partial charge in [0.05, 0.1) is 6.42 Å². The third kappa shape index (κ3) is 3.97. The van der Waals surface area contributed by atoms with Crippen LogP contribution in [0.1, 0.15) is 25.3 Å². The van der Waals surface area contributed by atoms with Crippen LogP contribution in [0.3, 0.4) is 0 Å². The summed E-state index contributed by atoms with van der Waals surface area (Å²) >= 11 is 0. The molecule has 1 heterocycles. The van der Waals surface area contributed by atoms with Crippen LogP contribution in [-0.2, 0) is 11.2 Å². The molecule has 0 aromatic heterocycles. The smallest absolute Gasteiger partial charge is 0.227 e. The third-order valence-corrected chi connectivity index (χ3v) is 3.98. The van der Waals surface area contributed by atoms with Gasteiger partial charge in [-0.2, -0.15) is 0 Å². The Labute approximate surface area is 120 Å². The van der Waals surface area contributed by atoms with Gasteiger partial charge in [0.25, 0.3) is 0 Å². The predicted molar refractivity (Wildman–Crippen MR) is 79.7 cm³/mol. The number of carbonyl (C=O) groups is 1. The zero-order valence-electron chi connectivity index (χ0n) is 12.1. The van der Waals surface area contributed by atoms with E-state index in [1.807, 2.05) is 17.0 Å². The van der Waals surface area contributed by atoms with Gasteiger partial charge in [-0.05, 0) is 37.9 Å². The third-order valence-electron chi connectivity index (χ3n) is 3.98. The summed E-state index contributed by atoms with van der Waals surface area (Å²) in [4.78, 5) is 14.2. The number of nitrogens with zero attached hydrogens (tertiary/aromatic N) is 1. The number of benzene rings is 1. The molecule has 0 unspecified atom stereocenters. The molecule has 1 saturated heterocycles. The van der Waals surface area contributed by atoms with Crippen LogP contribution in [-0.4, -0.2) is 42.1 Å². The molecule has 0 spiro atoms. The minimum absolute atomic E-state index is 0.119. The van der Waals surface area contributed by atoms with Gasteiger partial charge in [0.2, 0.25) is 5.91 Å². The largest absolute Gasteiger partial charge is 0.508 e. The Morgan fingerprint density at radius 1 is 1.35 bits per heavy atom. The maximum atomic E-state index is 12.2. The van der Waals surface area contributed by atoms with E-state index in [1.165, 1.54) is 0 Å². The van der Waals surface area contributed by atoms with Crippen molar-refractivity contribution in [3.63, 3.8) is 0 Å². The Morgan fingerprint density at radius 2 is 2.05 bits per heavy atom. The van der Waals surface area contributed by atoms with Gasteiger partial charge in [0.15, 0.2) is 0 Å². The molecule has 110 valence electrons. The van der Waals surface area contributed by atoms with Crippen LogP contribution in [0, 0.1) is 5.92 Å². The number of likely N-dealkylation sites (tertiary alicyclic amines) is 1. The molecule has 2 rings (SSSR count). The first kappa shape index (κ1) is 14.9. The Morgan fingerprint density at radius 3 is 2.70 bits per heavy atom. The van der Waals surface area contributed by atoms with Gasteiger partial charge in [-0.15, -0.1) is 0 Å². The Hall–Kier alpha value is -1.55. The predicted octanol–water partition coefficient (Wildman–Crippen LogP) is 1.78. The van der Waals surface area contributed by atoms with Crippen molar-refractivity contribution in [2.45, 2.75) is 26.2 Å². The van der Waals surface area contributed by atoms with Crippen LogP contribution in [0.4, 0.5) is 0 Å². The van der Waals surface area contributed by atoms with E-state index in [-0.39, 0.29) is 11.7 Å². The van der Waals surface area contributed by atoms with Gasteiger partial charge in [0, 0.05) is 18.7 Å². The first-order chi connectivity index (χ1) is 9.70. The maximum Gasteiger partial charge on any atom is 0.227 e. The molecule has 0 radical (unpaired) electrons. The normalized spacial score (nSPS) is 16.4. The van der Waals surface area contributed by atoms with Crippen molar-refractivity contribution in [1.29, 1.82) is 0 Å². The van der Waals surface area contributed by atoms with Crippen LogP contribution in [0.25, 0.3) is 0 Å². The number of carbonyl (C=O) groups excluding carboxylic acids is 1. The molecule has 1 aliphatic heterocycles. The molecule has 4 nitrogen and oxygen atoms in total. The minimum Gasteiger partial charge on any atom is -0.508 e. The van der Waals surface area contributed by atoms with E-state index >= 15 is 0 Å². The van der Waals surface area contributed by atoms with Crippen LogP contribution in [0.15, 0.2) is 24.3 Å². The summed E-state index contributed by atoms with van der Waals surface area (Å²) in [6.07, 6.45) is 2.43. The molecule has 0 aliphatic carbocycles. The van der Waals surface area contributed by atoms with Gasteiger partial charge >= 0.3 is 0 Å². The van der Waals surface area contributed by atoms with Crippen LogP contribution < -0.4 is 5.32 Å². The Balaban J connectivity index is 1.82. The number of amides is 1. The zero-order valence-corrected chi connectivity index (χ0v) is 12.1. The Kier molecular flexibility index (Phi) is 5.41. The number of phenolic OH excluding ortho intramolecular Hbond substituents is 1. The van der Waals surface area contributed by atoms with E-state index in [0.717, 1.165) is 39.0 Å². The first-order valence-electron chi connectivity index (χ1n) is 7.46. The van der Waals surface area contributed by atoms with E-state index in [9.17, 15) is 9.90 Å². The van der Waals surface area contributed by atoms with Gasteiger partial charge < -0.3 is 15.3 Å². The summed E-state index contributed by atoms with van der Waals surface area (Å²) in [7, 11) is 0. The van der Waals surface area contributed by atoms with Gasteiger partial charge in [-0.1, -0.05) is 25.1 Å². The van der Waals surface area contributed by atoms with Crippen molar-refractivity contribution < 1.29 is 9.90 Å². The van der Waals surface area contributed by atoms with E-state index in [2.05, 4.69) is 12.2 Å². The molecular formula is C16H24N2O2. The van der Waals surface area contributed by atoms with Crippen molar-refractivity contribution in [2.24, 2.45) is 5.92 Å². The quantitative estimate of drug-likeness (QED) is 0.862. The van der Waals surface area contributed by atoms with Crippen LogP contribution >= 0.6 is 0 Å². The summed E-state index contributed by atoms with van der Waals surface area (Å²) in [6.45, 7) is 5.85. The number of hydrogen-bond donors (Lipinski definition) is 2. The number of rotatable bonds is 5. The van der Waals surface area contributed by atoms with Crippen LogP contribution in [0.2, 0.25) is 0 Å². The van der Waals surface area contributed by atoms with E-state index < -0.39 is 0 Å². The van der Waals surface area contributed by atoms with E-state index in [0.29, 0.717) is 17.9 Å². The number of phenols is 1. The summed E-state index contributed by atoms with van der Waals surface area (Å²) < 4.78 is 0. The van der Waals surface area contributed by atoms with Crippen molar-refractivity contribution >= 4 is 5.91 Å². The summed E-state index contributed by atoms with van der Waals surface area (Å²) in [5.41, 5.74) is 0.715. The van der Waals surface area contributed by atoms with Gasteiger partial charge in [0.1, 0.15) is 5.75 Å². The second kappa shape index (κ2) is 7.29. The summed E-state index contributed by atoms with van der Waals surface area (Å²) in [5.74, 6) is 1.01. The monoisotopic (exact) mass is 276 g/mol. The molecule has 1 aromatic carbocycles. The van der Waals surface area contributed by atoms with E-state index in [4.69, 9.17) is 0 Å². The number of para-hydroxylation sites is 1. The van der Waals surface area contributed by atoms with Gasteiger partial charge in [-0.25, -0.2) is 0 Å². The second-order valence-corrected chi connectivity index (χ2v) is 5.44. The number of nitrogens with one attached hydrogen (secondary N) is 1. The zero-order chi connectivity index (χ0) is 14.4. The Bertz CT molecular complexity index is 440. The van der Waals surface area contributed by atoms with Crippen molar-refractivity contribution in [2.75, 3.05) is 26.2 Å².